The number of rotatable bonds is 2. The third-order valence-corrected chi connectivity index (χ3v) is 3.96. The molecule has 1 amide bonds. The van der Waals surface area contributed by atoms with Gasteiger partial charge in [-0.05, 0) is 32.9 Å². The Kier molecular flexibility index (Phi) is 3.87. The predicted molar refractivity (Wildman–Crippen MR) is 86.3 cm³/mol. The number of aromatic nitrogens is 3. The number of nitrogens with zero attached hydrogens (tertiary/aromatic N) is 4. The van der Waals surface area contributed by atoms with Gasteiger partial charge in [0.1, 0.15) is 11.1 Å². The average molecular weight is 353 g/mol. The summed E-state index contributed by atoms with van der Waals surface area (Å²) in [6.45, 7) is 6.34. The Balaban J connectivity index is 1.77. The van der Waals surface area contributed by atoms with E-state index >= 15 is 0 Å². The van der Waals surface area contributed by atoms with E-state index in [0.29, 0.717) is 24.1 Å². The smallest absolute Gasteiger partial charge is 0.410 e. The van der Waals surface area contributed by atoms with Crippen LogP contribution < -0.4 is 0 Å². The van der Waals surface area contributed by atoms with Gasteiger partial charge in [-0.25, -0.2) is 14.3 Å². The van der Waals surface area contributed by atoms with Gasteiger partial charge in [-0.3, -0.25) is 0 Å². The molecule has 1 N–H and O–H groups in total. The van der Waals surface area contributed by atoms with Crippen LogP contribution in [0.15, 0.2) is 12.1 Å². The molecule has 0 spiro atoms. The number of carbonyl (C=O) groups excluding carboxylic acids is 1. The fraction of sp³-hybridized carbons (Fsp3) is 0.467. The summed E-state index contributed by atoms with van der Waals surface area (Å²) >= 11 is 6.01. The minimum atomic E-state index is -1.11. The third kappa shape index (κ3) is 3.01. The Bertz CT molecular complexity index is 821. The molecule has 0 saturated carbocycles. The number of carbonyl (C=O) groups is 2. The second kappa shape index (κ2) is 5.62. The van der Waals surface area contributed by atoms with E-state index in [9.17, 15) is 9.59 Å². The lowest BCUT2D eigenvalue weighted by Gasteiger charge is -2.39. The highest BCUT2D eigenvalue weighted by molar-refractivity contribution is 6.34. The van der Waals surface area contributed by atoms with Crippen molar-refractivity contribution >= 4 is 34.7 Å². The number of hydrogen-bond acceptors (Lipinski definition) is 5. The Labute approximate surface area is 142 Å². The molecule has 1 aromatic heterocycles. The molecule has 0 bridgehead atoms. The molecule has 1 saturated heterocycles. The molecule has 9 heteroatoms. The van der Waals surface area contributed by atoms with Gasteiger partial charge in [0, 0.05) is 13.1 Å². The second-order valence-electron chi connectivity index (χ2n) is 6.70. The largest absolute Gasteiger partial charge is 0.478 e. The van der Waals surface area contributed by atoms with Crippen molar-refractivity contribution in [2.24, 2.45) is 0 Å². The molecule has 0 aliphatic carbocycles. The van der Waals surface area contributed by atoms with Gasteiger partial charge >= 0.3 is 12.1 Å². The fourth-order valence-corrected chi connectivity index (χ4v) is 2.72. The number of hydrogen-bond donors (Lipinski definition) is 1. The standard InChI is InChI=1S/C15H17ClN4O4/c1-15(2,3)24-14(23)19-6-8(7-19)20-12-5-10(16)9(13(21)22)4-11(12)17-18-20/h4-5,8H,6-7H2,1-3H3,(H,21,22). The van der Waals surface area contributed by atoms with Crippen LogP contribution in [0, 0.1) is 0 Å². The minimum absolute atomic E-state index is 0.0137. The summed E-state index contributed by atoms with van der Waals surface area (Å²) in [6.07, 6.45) is -0.366. The molecule has 0 radical (unpaired) electrons. The summed E-state index contributed by atoms with van der Waals surface area (Å²) < 4.78 is 6.97. The molecule has 2 aromatic rings. The highest BCUT2D eigenvalue weighted by Gasteiger charge is 2.36. The topological polar surface area (TPSA) is 97.5 Å². The fourth-order valence-electron chi connectivity index (χ4n) is 2.48. The number of carboxylic acids is 1. The van der Waals surface area contributed by atoms with Gasteiger partial charge in [0.2, 0.25) is 0 Å². The van der Waals surface area contributed by atoms with Crippen molar-refractivity contribution in [1.29, 1.82) is 0 Å². The quantitative estimate of drug-likeness (QED) is 0.892. The lowest BCUT2D eigenvalue weighted by molar-refractivity contribution is -0.0000875. The first-order valence-electron chi connectivity index (χ1n) is 7.41. The molecule has 1 aromatic carbocycles. The molecular formula is C15H17ClN4O4. The number of amides is 1. The number of fused-ring (bicyclic) bond motifs is 1. The number of likely N-dealkylation sites (tertiary alicyclic amines) is 1. The molecule has 0 atom stereocenters. The summed E-state index contributed by atoms with van der Waals surface area (Å²) in [6, 6.07) is 2.89. The molecule has 128 valence electrons. The summed E-state index contributed by atoms with van der Waals surface area (Å²) in [5, 5.41) is 17.3. The lowest BCUT2D eigenvalue weighted by Crippen LogP contribution is -2.52. The Morgan fingerprint density at radius 3 is 2.58 bits per heavy atom. The number of halogens is 1. The molecule has 24 heavy (non-hydrogen) atoms. The molecule has 0 unspecified atom stereocenters. The SMILES string of the molecule is CC(C)(C)OC(=O)N1CC(n2nnc3cc(C(=O)O)c(Cl)cc32)C1. The van der Waals surface area contributed by atoms with Crippen molar-refractivity contribution in [2.45, 2.75) is 32.4 Å². The van der Waals surface area contributed by atoms with Crippen LogP contribution in [-0.4, -0.2) is 55.8 Å². The highest BCUT2D eigenvalue weighted by Crippen LogP contribution is 2.29. The minimum Gasteiger partial charge on any atom is -0.478 e. The van der Waals surface area contributed by atoms with Crippen LogP contribution in [-0.2, 0) is 4.74 Å². The normalized spacial score (nSPS) is 15.4. The van der Waals surface area contributed by atoms with E-state index in [0.717, 1.165) is 0 Å². The zero-order valence-corrected chi connectivity index (χ0v) is 14.2. The maximum absolute atomic E-state index is 12.0. The van der Waals surface area contributed by atoms with E-state index < -0.39 is 11.6 Å². The first-order valence-corrected chi connectivity index (χ1v) is 7.79. The van der Waals surface area contributed by atoms with E-state index in [1.165, 1.54) is 12.1 Å². The van der Waals surface area contributed by atoms with E-state index in [-0.39, 0.29) is 22.7 Å². The van der Waals surface area contributed by atoms with E-state index in [1.54, 1.807) is 9.58 Å². The summed E-state index contributed by atoms with van der Waals surface area (Å²) in [5.41, 5.74) is 0.537. The van der Waals surface area contributed by atoms with Gasteiger partial charge in [0.05, 0.1) is 22.1 Å². The third-order valence-electron chi connectivity index (χ3n) is 3.65. The van der Waals surface area contributed by atoms with E-state index in [1.807, 2.05) is 20.8 Å². The van der Waals surface area contributed by atoms with Crippen LogP contribution in [0.4, 0.5) is 4.79 Å². The zero-order valence-electron chi connectivity index (χ0n) is 13.5. The molecule has 3 rings (SSSR count). The molecule has 1 fully saturated rings. The van der Waals surface area contributed by atoms with Crippen molar-refractivity contribution in [3.8, 4) is 0 Å². The first kappa shape index (κ1) is 16.5. The molecule has 1 aliphatic rings. The lowest BCUT2D eigenvalue weighted by atomic mass is 10.1. The van der Waals surface area contributed by atoms with Crippen LogP contribution in [0.25, 0.3) is 11.0 Å². The predicted octanol–water partition coefficient (Wildman–Crippen LogP) is 2.57. The van der Waals surface area contributed by atoms with Gasteiger partial charge in [0.25, 0.3) is 0 Å². The van der Waals surface area contributed by atoms with Crippen LogP contribution in [0.3, 0.4) is 0 Å². The summed E-state index contributed by atoms with van der Waals surface area (Å²) in [4.78, 5) is 24.7. The Morgan fingerprint density at radius 2 is 2.00 bits per heavy atom. The molecule has 2 heterocycles. The van der Waals surface area contributed by atoms with Crippen molar-refractivity contribution in [1.82, 2.24) is 19.9 Å². The number of carboxylic acid groups (broad SMARTS) is 1. The van der Waals surface area contributed by atoms with Crippen LogP contribution >= 0.6 is 11.6 Å². The highest BCUT2D eigenvalue weighted by atomic mass is 35.5. The second-order valence-corrected chi connectivity index (χ2v) is 7.11. The summed E-state index contributed by atoms with van der Waals surface area (Å²) in [7, 11) is 0. The maximum atomic E-state index is 12.0. The van der Waals surface area contributed by atoms with E-state index in [2.05, 4.69) is 10.3 Å². The molecule has 1 aliphatic heterocycles. The number of ether oxygens (including phenoxy) is 1. The van der Waals surface area contributed by atoms with Crippen molar-refractivity contribution in [3.05, 3.63) is 22.7 Å². The number of aromatic carboxylic acids is 1. The Hall–Kier alpha value is -2.35. The molecular weight excluding hydrogens is 336 g/mol. The van der Waals surface area contributed by atoms with Gasteiger partial charge < -0.3 is 14.7 Å². The van der Waals surface area contributed by atoms with Crippen molar-refractivity contribution < 1.29 is 19.4 Å². The van der Waals surface area contributed by atoms with Crippen LogP contribution in [0.1, 0.15) is 37.2 Å². The Morgan fingerprint density at radius 1 is 1.33 bits per heavy atom. The zero-order chi connectivity index (χ0) is 17.6. The van der Waals surface area contributed by atoms with Crippen LogP contribution in [0.5, 0.6) is 0 Å². The monoisotopic (exact) mass is 352 g/mol. The van der Waals surface area contributed by atoms with Gasteiger partial charge in [-0.2, -0.15) is 0 Å². The maximum Gasteiger partial charge on any atom is 0.410 e. The molecule has 8 nitrogen and oxygen atoms in total. The van der Waals surface area contributed by atoms with Crippen molar-refractivity contribution in [2.75, 3.05) is 13.1 Å². The van der Waals surface area contributed by atoms with Gasteiger partial charge in [0.15, 0.2) is 0 Å². The van der Waals surface area contributed by atoms with Gasteiger partial charge in [-0.15, -0.1) is 5.10 Å². The first-order chi connectivity index (χ1) is 11.2. The average Bonchev–Trinajstić information content (AvgIpc) is 2.76. The summed E-state index contributed by atoms with van der Waals surface area (Å²) in [5.74, 6) is -1.11. The van der Waals surface area contributed by atoms with Crippen LogP contribution in [0.2, 0.25) is 5.02 Å². The number of benzene rings is 1. The van der Waals surface area contributed by atoms with Crippen molar-refractivity contribution in [3.63, 3.8) is 0 Å². The van der Waals surface area contributed by atoms with Gasteiger partial charge in [-0.1, -0.05) is 16.8 Å². The van der Waals surface area contributed by atoms with E-state index in [4.69, 9.17) is 21.4 Å².